The van der Waals surface area contributed by atoms with Crippen LogP contribution in [0.15, 0.2) is 48.7 Å². The van der Waals surface area contributed by atoms with E-state index < -0.39 is 0 Å². The Labute approximate surface area is 187 Å². The largest absolute Gasteiger partial charge is 0.479 e. The van der Waals surface area contributed by atoms with Crippen LogP contribution < -0.4 is 10.1 Å². The minimum atomic E-state index is -0.249. The van der Waals surface area contributed by atoms with Gasteiger partial charge in [-0.1, -0.05) is 30.3 Å². The van der Waals surface area contributed by atoms with E-state index in [9.17, 15) is 9.59 Å². The van der Waals surface area contributed by atoms with Gasteiger partial charge in [0.05, 0.1) is 13.0 Å². The normalized spacial score (nSPS) is 16.9. The molecular formula is C25H26N4O3. The second-order valence-corrected chi connectivity index (χ2v) is 8.51. The number of anilines is 1. The third kappa shape index (κ3) is 3.64. The maximum atomic E-state index is 13.0. The molecule has 7 nitrogen and oxygen atoms in total. The lowest BCUT2D eigenvalue weighted by molar-refractivity contribution is -0.121. The van der Waals surface area contributed by atoms with Crippen LogP contribution in [0.1, 0.15) is 34.3 Å². The number of likely N-dealkylation sites (tertiary alicyclic amines) is 1. The molecule has 5 rings (SSSR count). The molecule has 1 atom stereocenters. The monoisotopic (exact) mass is 430 g/mol. The number of methoxy groups -OCH3 is 1. The van der Waals surface area contributed by atoms with E-state index in [1.165, 1.54) is 29.4 Å². The molecule has 1 saturated heterocycles. The molecule has 164 valence electrons. The van der Waals surface area contributed by atoms with Crippen molar-refractivity contribution in [3.05, 3.63) is 65.4 Å². The Bertz CT molecular complexity index is 1200. The number of rotatable bonds is 4. The number of aryl methyl sites for hydroxylation is 1. The van der Waals surface area contributed by atoms with Gasteiger partial charge in [-0.3, -0.25) is 14.3 Å². The zero-order chi connectivity index (χ0) is 22.2. The van der Waals surface area contributed by atoms with E-state index in [1.54, 1.807) is 22.8 Å². The fraction of sp³-hybridized carbons (Fsp3) is 0.320. The van der Waals surface area contributed by atoms with Gasteiger partial charge in [0.2, 0.25) is 11.8 Å². The molecule has 0 unspecified atom stereocenters. The first-order valence-electron chi connectivity index (χ1n) is 10.9. The number of piperidine rings is 1. The van der Waals surface area contributed by atoms with E-state index in [0.717, 1.165) is 24.9 Å². The van der Waals surface area contributed by atoms with Gasteiger partial charge in [-0.25, -0.2) is 0 Å². The first-order valence-corrected chi connectivity index (χ1v) is 10.9. The molecule has 0 spiro atoms. The van der Waals surface area contributed by atoms with Crippen LogP contribution in [0, 0.1) is 5.92 Å². The molecule has 2 aromatic carbocycles. The predicted octanol–water partition coefficient (Wildman–Crippen LogP) is 3.49. The molecular weight excluding hydrogens is 404 g/mol. The molecule has 1 N–H and O–H groups in total. The van der Waals surface area contributed by atoms with E-state index in [1.807, 2.05) is 6.07 Å². The summed E-state index contributed by atoms with van der Waals surface area (Å²) in [5.74, 6) is -0.136. The van der Waals surface area contributed by atoms with E-state index in [2.05, 4.69) is 46.8 Å². The average molecular weight is 431 g/mol. The van der Waals surface area contributed by atoms with Gasteiger partial charge in [0, 0.05) is 32.0 Å². The summed E-state index contributed by atoms with van der Waals surface area (Å²) in [6.07, 6.45) is 4.09. The van der Waals surface area contributed by atoms with Gasteiger partial charge in [0.1, 0.15) is 5.56 Å². The third-order valence-electron chi connectivity index (χ3n) is 6.36. The van der Waals surface area contributed by atoms with E-state index in [0.29, 0.717) is 24.5 Å². The predicted molar refractivity (Wildman–Crippen MR) is 122 cm³/mol. The molecule has 7 heteroatoms. The number of aromatic nitrogens is 2. The van der Waals surface area contributed by atoms with Gasteiger partial charge in [-0.2, -0.15) is 0 Å². The summed E-state index contributed by atoms with van der Waals surface area (Å²) in [7, 11) is 3.25. The Morgan fingerprint density at radius 2 is 1.94 bits per heavy atom. The van der Waals surface area contributed by atoms with Crippen molar-refractivity contribution in [1.29, 1.82) is 0 Å². The minimum absolute atomic E-state index is 0.0453. The van der Waals surface area contributed by atoms with Crippen LogP contribution in [0.2, 0.25) is 0 Å². The molecule has 1 aliphatic heterocycles. The highest BCUT2D eigenvalue weighted by Crippen LogP contribution is 2.37. The van der Waals surface area contributed by atoms with Crippen molar-refractivity contribution in [1.82, 2.24) is 14.7 Å². The molecule has 0 radical (unpaired) electrons. The highest BCUT2D eigenvalue weighted by Gasteiger charge is 2.31. The summed E-state index contributed by atoms with van der Waals surface area (Å²) < 4.78 is 6.79. The summed E-state index contributed by atoms with van der Waals surface area (Å²) in [6, 6.07) is 14.5. The zero-order valence-electron chi connectivity index (χ0n) is 18.3. The number of carbonyl (C=O) groups excluding carboxylic acids is 2. The number of fused-ring (bicyclic) bond motifs is 3. The fourth-order valence-electron chi connectivity index (χ4n) is 4.78. The SMILES string of the molecule is COc1nn(C)cc1C(=O)N1CCC[C@@H](C(=O)Nc2ccc3c(c2)Cc2ccccc2-3)C1. The lowest BCUT2D eigenvalue weighted by Gasteiger charge is -2.32. The van der Waals surface area contributed by atoms with Crippen LogP contribution in [-0.4, -0.2) is 46.7 Å². The number of amides is 2. The lowest BCUT2D eigenvalue weighted by Crippen LogP contribution is -2.43. The molecule has 1 fully saturated rings. The second-order valence-electron chi connectivity index (χ2n) is 8.51. The van der Waals surface area contributed by atoms with Crippen LogP contribution in [0.5, 0.6) is 5.88 Å². The van der Waals surface area contributed by atoms with Gasteiger partial charge in [0.25, 0.3) is 5.91 Å². The highest BCUT2D eigenvalue weighted by molar-refractivity contribution is 5.98. The number of hydrogen-bond acceptors (Lipinski definition) is 4. The smallest absolute Gasteiger partial charge is 0.260 e. The van der Waals surface area contributed by atoms with Crippen molar-refractivity contribution in [2.45, 2.75) is 19.3 Å². The number of nitrogens with one attached hydrogen (secondary N) is 1. The Morgan fingerprint density at radius 3 is 2.78 bits per heavy atom. The number of benzene rings is 2. The van der Waals surface area contributed by atoms with Crippen LogP contribution in [-0.2, 0) is 18.3 Å². The Balaban J connectivity index is 1.27. The quantitative estimate of drug-likeness (QED) is 0.538. The van der Waals surface area contributed by atoms with Gasteiger partial charge in [-0.05, 0) is 53.6 Å². The molecule has 2 heterocycles. The second kappa shape index (κ2) is 8.15. The molecule has 2 aliphatic rings. The van der Waals surface area contributed by atoms with Crippen molar-refractivity contribution in [3.8, 4) is 17.0 Å². The first kappa shape index (κ1) is 20.3. The maximum absolute atomic E-state index is 13.0. The summed E-state index contributed by atoms with van der Waals surface area (Å²) in [4.78, 5) is 27.8. The number of carbonyl (C=O) groups is 2. The summed E-state index contributed by atoms with van der Waals surface area (Å²) >= 11 is 0. The van der Waals surface area contributed by atoms with Gasteiger partial charge in [0.15, 0.2) is 0 Å². The average Bonchev–Trinajstić information content (AvgIpc) is 3.38. The zero-order valence-corrected chi connectivity index (χ0v) is 18.3. The first-order chi connectivity index (χ1) is 15.5. The van der Waals surface area contributed by atoms with Crippen molar-refractivity contribution >= 4 is 17.5 Å². The van der Waals surface area contributed by atoms with Gasteiger partial charge in [-0.15, -0.1) is 5.10 Å². The minimum Gasteiger partial charge on any atom is -0.479 e. The van der Waals surface area contributed by atoms with Crippen LogP contribution in [0.4, 0.5) is 5.69 Å². The fourth-order valence-corrected chi connectivity index (χ4v) is 4.78. The van der Waals surface area contributed by atoms with Crippen LogP contribution in [0.3, 0.4) is 0 Å². The van der Waals surface area contributed by atoms with Gasteiger partial charge >= 0.3 is 0 Å². The molecule has 3 aromatic rings. The van der Waals surface area contributed by atoms with Crippen molar-refractivity contribution in [2.75, 3.05) is 25.5 Å². The van der Waals surface area contributed by atoms with Crippen LogP contribution >= 0.6 is 0 Å². The standard InChI is InChI=1S/C25H26N4O3/c1-28-15-22(24(27-28)32-2)25(31)29-11-5-7-17(14-29)23(30)26-19-9-10-21-18(13-19)12-16-6-3-4-8-20(16)21/h3-4,6,8-10,13,15,17H,5,7,11-12,14H2,1-2H3,(H,26,30)/t17-/m1/s1. The van der Waals surface area contributed by atoms with Crippen molar-refractivity contribution in [2.24, 2.45) is 13.0 Å². The van der Waals surface area contributed by atoms with E-state index in [4.69, 9.17) is 4.74 Å². The summed E-state index contributed by atoms with van der Waals surface area (Å²) in [5.41, 5.74) is 6.28. The Hall–Kier alpha value is -3.61. The third-order valence-corrected chi connectivity index (χ3v) is 6.36. The summed E-state index contributed by atoms with van der Waals surface area (Å²) in [5, 5.41) is 7.24. The van der Waals surface area contributed by atoms with Crippen molar-refractivity contribution < 1.29 is 14.3 Å². The maximum Gasteiger partial charge on any atom is 0.260 e. The lowest BCUT2D eigenvalue weighted by atomic mass is 9.96. The molecule has 0 bridgehead atoms. The molecule has 1 aliphatic carbocycles. The van der Waals surface area contributed by atoms with E-state index in [-0.39, 0.29) is 17.7 Å². The van der Waals surface area contributed by atoms with E-state index >= 15 is 0 Å². The highest BCUT2D eigenvalue weighted by atomic mass is 16.5. The van der Waals surface area contributed by atoms with Crippen LogP contribution in [0.25, 0.3) is 11.1 Å². The van der Waals surface area contributed by atoms with Crippen molar-refractivity contribution in [3.63, 3.8) is 0 Å². The molecule has 2 amide bonds. The summed E-state index contributed by atoms with van der Waals surface area (Å²) in [6.45, 7) is 1.01. The topological polar surface area (TPSA) is 76.5 Å². The molecule has 32 heavy (non-hydrogen) atoms. The number of hydrogen-bond donors (Lipinski definition) is 1. The number of ether oxygens (including phenoxy) is 1. The Kier molecular flexibility index (Phi) is 5.17. The van der Waals surface area contributed by atoms with Gasteiger partial charge < -0.3 is 15.0 Å². The number of nitrogens with zero attached hydrogens (tertiary/aromatic N) is 3. The molecule has 0 saturated carbocycles. The Morgan fingerprint density at radius 1 is 1.12 bits per heavy atom. The molecule has 1 aromatic heterocycles.